The van der Waals surface area contributed by atoms with Gasteiger partial charge in [-0.3, -0.25) is 0 Å². The SMILES string of the molecule is COc1ccc(COCC(C)(C)[C@H](CC2SCCCS2)OCc2ccccc2)cc1. The van der Waals surface area contributed by atoms with Crippen molar-refractivity contribution in [1.29, 1.82) is 0 Å². The second kappa shape index (κ2) is 12.0. The summed E-state index contributed by atoms with van der Waals surface area (Å²) >= 11 is 4.17. The van der Waals surface area contributed by atoms with Crippen molar-refractivity contribution in [2.45, 2.75) is 50.6 Å². The van der Waals surface area contributed by atoms with E-state index in [4.69, 9.17) is 14.2 Å². The Hall–Kier alpha value is -1.14. The maximum Gasteiger partial charge on any atom is 0.118 e. The molecule has 5 heteroatoms. The molecule has 0 spiro atoms. The third kappa shape index (κ3) is 7.52. The maximum absolute atomic E-state index is 6.51. The first-order valence-corrected chi connectivity index (χ1v) is 12.8. The fourth-order valence-corrected chi connectivity index (χ4v) is 6.39. The summed E-state index contributed by atoms with van der Waals surface area (Å²) < 4.78 is 18.5. The molecule has 30 heavy (non-hydrogen) atoms. The molecule has 0 aliphatic carbocycles. The number of methoxy groups -OCH3 is 1. The van der Waals surface area contributed by atoms with E-state index in [1.54, 1.807) is 7.11 Å². The summed E-state index contributed by atoms with van der Waals surface area (Å²) in [6.45, 7) is 6.46. The number of hydrogen-bond acceptors (Lipinski definition) is 5. The normalized spacial score (nSPS) is 16.4. The lowest BCUT2D eigenvalue weighted by Gasteiger charge is -2.37. The van der Waals surface area contributed by atoms with Gasteiger partial charge < -0.3 is 14.2 Å². The predicted octanol–water partition coefficient (Wildman–Crippen LogP) is 6.41. The summed E-state index contributed by atoms with van der Waals surface area (Å²) in [5.74, 6) is 3.39. The zero-order valence-corrected chi connectivity index (χ0v) is 20.0. The van der Waals surface area contributed by atoms with Crippen LogP contribution in [0.4, 0.5) is 0 Å². The summed E-state index contributed by atoms with van der Waals surface area (Å²) in [7, 11) is 1.69. The van der Waals surface area contributed by atoms with Gasteiger partial charge in [-0.15, -0.1) is 23.5 Å². The first-order chi connectivity index (χ1) is 14.6. The Morgan fingerprint density at radius 2 is 1.60 bits per heavy atom. The zero-order chi connectivity index (χ0) is 21.2. The van der Waals surface area contributed by atoms with Gasteiger partial charge in [0.15, 0.2) is 0 Å². The Morgan fingerprint density at radius 1 is 0.933 bits per heavy atom. The molecule has 2 aromatic carbocycles. The highest BCUT2D eigenvalue weighted by Crippen LogP contribution is 2.38. The smallest absolute Gasteiger partial charge is 0.118 e. The molecule has 164 valence electrons. The number of hydrogen-bond donors (Lipinski definition) is 0. The molecule has 2 aromatic rings. The summed E-state index contributed by atoms with van der Waals surface area (Å²) in [4.78, 5) is 0. The van der Waals surface area contributed by atoms with Gasteiger partial charge in [0.1, 0.15) is 5.75 Å². The Morgan fingerprint density at radius 3 is 2.27 bits per heavy atom. The van der Waals surface area contributed by atoms with Crippen LogP contribution in [0.1, 0.15) is 37.8 Å². The summed E-state index contributed by atoms with van der Waals surface area (Å²) in [6.07, 6.45) is 2.52. The minimum Gasteiger partial charge on any atom is -0.497 e. The Bertz CT molecular complexity index is 728. The quantitative estimate of drug-likeness (QED) is 0.398. The number of thioether (sulfide) groups is 2. The van der Waals surface area contributed by atoms with Crippen molar-refractivity contribution < 1.29 is 14.2 Å². The third-order valence-corrected chi connectivity index (χ3v) is 8.36. The van der Waals surface area contributed by atoms with Gasteiger partial charge in [-0.1, -0.05) is 56.3 Å². The molecule has 0 radical (unpaired) electrons. The molecule has 0 saturated carbocycles. The minimum absolute atomic E-state index is 0.0696. The van der Waals surface area contributed by atoms with E-state index in [2.05, 4.69) is 73.8 Å². The van der Waals surface area contributed by atoms with Gasteiger partial charge in [-0.25, -0.2) is 0 Å². The highest BCUT2D eigenvalue weighted by Gasteiger charge is 2.34. The van der Waals surface area contributed by atoms with Gasteiger partial charge in [-0.05, 0) is 47.6 Å². The molecule has 1 aliphatic rings. The van der Waals surface area contributed by atoms with E-state index in [0.29, 0.717) is 24.4 Å². The molecule has 3 nitrogen and oxygen atoms in total. The number of benzene rings is 2. The summed E-state index contributed by atoms with van der Waals surface area (Å²) in [5, 5.41) is 0. The van der Waals surface area contributed by atoms with Crippen LogP contribution in [0.25, 0.3) is 0 Å². The second-order valence-corrected chi connectivity index (χ2v) is 11.3. The molecule has 0 aromatic heterocycles. The summed E-state index contributed by atoms with van der Waals surface area (Å²) in [5.41, 5.74) is 2.31. The fraction of sp³-hybridized carbons (Fsp3) is 0.520. The van der Waals surface area contributed by atoms with E-state index < -0.39 is 0 Å². The monoisotopic (exact) mass is 446 g/mol. The molecule has 0 N–H and O–H groups in total. The minimum atomic E-state index is -0.0696. The van der Waals surface area contributed by atoms with Crippen LogP contribution in [-0.4, -0.2) is 35.9 Å². The van der Waals surface area contributed by atoms with Crippen molar-refractivity contribution in [3.63, 3.8) is 0 Å². The van der Waals surface area contributed by atoms with Crippen molar-refractivity contribution in [1.82, 2.24) is 0 Å². The highest BCUT2D eigenvalue weighted by molar-refractivity contribution is 8.17. The molecule has 0 amide bonds. The molecular weight excluding hydrogens is 412 g/mol. The lowest BCUT2D eigenvalue weighted by Crippen LogP contribution is -2.38. The second-order valence-electron chi connectivity index (χ2n) is 8.38. The van der Waals surface area contributed by atoms with Crippen LogP contribution in [0.5, 0.6) is 5.75 Å². The standard InChI is InChI=1S/C25H34O3S2/c1-25(2,19-27-17-21-10-12-22(26-3)13-11-21)23(16-24-29-14-7-15-30-24)28-18-20-8-5-4-6-9-20/h4-6,8-13,23-24H,7,14-19H2,1-3H3/t23-/m0/s1. The van der Waals surface area contributed by atoms with Crippen LogP contribution in [-0.2, 0) is 22.7 Å². The van der Waals surface area contributed by atoms with Gasteiger partial charge in [0.05, 0.1) is 37.6 Å². The lowest BCUT2D eigenvalue weighted by atomic mass is 9.85. The van der Waals surface area contributed by atoms with Crippen LogP contribution >= 0.6 is 23.5 Å². The van der Waals surface area contributed by atoms with E-state index in [1.807, 2.05) is 18.2 Å². The van der Waals surface area contributed by atoms with Crippen molar-refractivity contribution >= 4 is 23.5 Å². The zero-order valence-electron chi connectivity index (χ0n) is 18.3. The highest BCUT2D eigenvalue weighted by atomic mass is 32.2. The van der Waals surface area contributed by atoms with Gasteiger partial charge in [-0.2, -0.15) is 0 Å². The van der Waals surface area contributed by atoms with E-state index in [0.717, 1.165) is 17.7 Å². The fourth-order valence-electron chi connectivity index (χ4n) is 3.48. The topological polar surface area (TPSA) is 27.7 Å². The average Bonchev–Trinajstić information content (AvgIpc) is 2.78. The van der Waals surface area contributed by atoms with Crippen LogP contribution in [0.2, 0.25) is 0 Å². The molecule has 3 rings (SSSR count). The third-order valence-electron chi connectivity index (χ3n) is 5.37. The summed E-state index contributed by atoms with van der Waals surface area (Å²) in [6, 6.07) is 18.5. The molecule has 1 aliphatic heterocycles. The molecule has 1 saturated heterocycles. The van der Waals surface area contributed by atoms with Crippen LogP contribution in [0, 0.1) is 5.41 Å². The van der Waals surface area contributed by atoms with Gasteiger partial charge in [0.2, 0.25) is 0 Å². The molecule has 1 heterocycles. The molecule has 0 bridgehead atoms. The van der Waals surface area contributed by atoms with E-state index in [-0.39, 0.29) is 11.5 Å². The Labute approximate surface area is 190 Å². The Kier molecular flexibility index (Phi) is 9.44. The van der Waals surface area contributed by atoms with Gasteiger partial charge in [0, 0.05) is 5.41 Å². The number of ether oxygens (including phenoxy) is 3. The maximum atomic E-state index is 6.51. The largest absolute Gasteiger partial charge is 0.497 e. The molecular formula is C25H34O3S2. The first kappa shape index (κ1) is 23.5. The van der Waals surface area contributed by atoms with Crippen LogP contribution in [0.15, 0.2) is 54.6 Å². The van der Waals surface area contributed by atoms with Crippen LogP contribution < -0.4 is 4.74 Å². The van der Waals surface area contributed by atoms with E-state index in [9.17, 15) is 0 Å². The number of rotatable bonds is 11. The molecule has 0 unspecified atom stereocenters. The first-order valence-electron chi connectivity index (χ1n) is 10.7. The molecule has 1 atom stereocenters. The Balaban J connectivity index is 1.58. The predicted molar refractivity (Wildman–Crippen MR) is 129 cm³/mol. The van der Waals surface area contributed by atoms with Crippen molar-refractivity contribution in [2.75, 3.05) is 25.2 Å². The van der Waals surface area contributed by atoms with Crippen molar-refractivity contribution in [3.8, 4) is 5.75 Å². The van der Waals surface area contributed by atoms with Gasteiger partial charge in [0.25, 0.3) is 0 Å². The van der Waals surface area contributed by atoms with Crippen molar-refractivity contribution in [2.24, 2.45) is 5.41 Å². The van der Waals surface area contributed by atoms with Gasteiger partial charge >= 0.3 is 0 Å². The van der Waals surface area contributed by atoms with E-state index in [1.165, 1.54) is 23.5 Å². The van der Waals surface area contributed by atoms with E-state index >= 15 is 0 Å². The average molecular weight is 447 g/mol. The lowest BCUT2D eigenvalue weighted by molar-refractivity contribution is -0.0770. The van der Waals surface area contributed by atoms with Crippen LogP contribution in [0.3, 0.4) is 0 Å². The van der Waals surface area contributed by atoms with Crippen molar-refractivity contribution in [3.05, 3.63) is 65.7 Å². The molecule has 1 fully saturated rings.